The summed E-state index contributed by atoms with van der Waals surface area (Å²) >= 11 is 0. The first-order chi connectivity index (χ1) is 12.5. The fraction of sp³-hybridized carbons (Fsp3) is 0.609. The van der Waals surface area contributed by atoms with Gasteiger partial charge in [0.2, 0.25) is 0 Å². The molecule has 0 bridgehead atoms. The van der Waals surface area contributed by atoms with Crippen molar-refractivity contribution in [1.82, 2.24) is 5.32 Å². The third-order valence-corrected chi connectivity index (χ3v) is 5.11. The molecule has 144 valence electrons. The van der Waals surface area contributed by atoms with E-state index in [1.807, 2.05) is 0 Å². The predicted molar refractivity (Wildman–Crippen MR) is 112 cm³/mol. The molecule has 0 spiro atoms. The topological polar surface area (TPSA) is 33.6 Å². The molecule has 3 nitrogen and oxygen atoms in total. The Morgan fingerprint density at radius 3 is 2.92 bits per heavy atom. The Morgan fingerprint density at radius 1 is 1.42 bits per heavy atom. The van der Waals surface area contributed by atoms with Gasteiger partial charge in [-0.2, -0.15) is 0 Å². The smallest absolute Gasteiger partial charge is 0.0666 e. The first-order valence-corrected chi connectivity index (χ1v) is 10.1. The van der Waals surface area contributed by atoms with Crippen LogP contribution in [0.5, 0.6) is 0 Å². The highest BCUT2D eigenvalue weighted by Crippen LogP contribution is 2.27. The van der Waals surface area contributed by atoms with E-state index in [-0.39, 0.29) is 6.10 Å². The summed E-state index contributed by atoms with van der Waals surface area (Å²) < 4.78 is 5.56. The van der Waals surface area contributed by atoms with E-state index in [2.05, 4.69) is 74.7 Å². The van der Waals surface area contributed by atoms with Crippen molar-refractivity contribution in [3.8, 4) is 0 Å². The Morgan fingerprint density at radius 2 is 2.23 bits per heavy atom. The highest BCUT2D eigenvalue weighted by atomic mass is 16.5. The van der Waals surface area contributed by atoms with E-state index < -0.39 is 0 Å². The number of hydrogen-bond donors (Lipinski definition) is 1. The molecule has 0 aromatic carbocycles. The van der Waals surface area contributed by atoms with Crippen LogP contribution >= 0.6 is 0 Å². The molecule has 2 rings (SSSR count). The van der Waals surface area contributed by atoms with Gasteiger partial charge in [-0.3, -0.25) is 4.99 Å². The normalized spacial score (nSPS) is 26.5. The summed E-state index contributed by atoms with van der Waals surface area (Å²) in [5.41, 5.74) is 4.09. The maximum Gasteiger partial charge on any atom is 0.0666 e. The van der Waals surface area contributed by atoms with Gasteiger partial charge in [0.25, 0.3) is 0 Å². The lowest BCUT2D eigenvalue weighted by molar-refractivity contribution is 0.0773. The lowest BCUT2D eigenvalue weighted by atomic mass is 9.88. The van der Waals surface area contributed by atoms with Gasteiger partial charge in [-0.15, -0.1) is 0 Å². The molecule has 1 aliphatic carbocycles. The Bertz CT molecular complexity index is 595. The van der Waals surface area contributed by atoms with Crippen LogP contribution in [0, 0.1) is 17.8 Å². The SMILES string of the molecule is CC/C=C(\CC(C)C)C1=CN=CC(CNC2=CC[C@H](OC)[C@H](C)C=C2)C1. The van der Waals surface area contributed by atoms with E-state index in [0.717, 1.165) is 32.2 Å². The molecule has 0 radical (unpaired) electrons. The number of nitrogens with one attached hydrogen (secondary N) is 1. The first-order valence-electron chi connectivity index (χ1n) is 10.1. The Kier molecular flexibility index (Phi) is 8.37. The van der Waals surface area contributed by atoms with Crippen molar-refractivity contribution < 1.29 is 4.74 Å². The van der Waals surface area contributed by atoms with Crippen LogP contribution in [0.3, 0.4) is 0 Å². The summed E-state index contributed by atoms with van der Waals surface area (Å²) in [6, 6.07) is 0. The van der Waals surface area contributed by atoms with Crippen LogP contribution in [-0.4, -0.2) is 26.0 Å². The van der Waals surface area contributed by atoms with Crippen LogP contribution in [-0.2, 0) is 4.74 Å². The third-order valence-electron chi connectivity index (χ3n) is 5.11. The molecule has 0 amide bonds. The molecule has 0 saturated carbocycles. The molecule has 1 aliphatic heterocycles. The van der Waals surface area contributed by atoms with Crippen molar-refractivity contribution in [1.29, 1.82) is 0 Å². The van der Waals surface area contributed by atoms with Crippen LogP contribution in [0.15, 0.2) is 52.3 Å². The lowest BCUT2D eigenvalue weighted by Crippen LogP contribution is -2.24. The van der Waals surface area contributed by atoms with E-state index in [0.29, 0.717) is 17.8 Å². The number of hydrogen-bond acceptors (Lipinski definition) is 3. The molecule has 0 saturated heterocycles. The summed E-state index contributed by atoms with van der Waals surface area (Å²) in [4.78, 5) is 4.54. The minimum Gasteiger partial charge on any atom is -0.385 e. The second-order valence-corrected chi connectivity index (χ2v) is 7.92. The van der Waals surface area contributed by atoms with Crippen molar-refractivity contribution in [3.05, 3.63) is 47.3 Å². The van der Waals surface area contributed by atoms with Crippen molar-refractivity contribution in [2.45, 2.75) is 59.5 Å². The van der Waals surface area contributed by atoms with Gasteiger partial charge >= 0.3 is 0 Å². The van der Waals surface area contributed by atoms with Crippen molar-refractivity contribution in [2.24, 2.45) is 22.7 Å². The zero-order valence-electron chi connectivity index (χ0n) is 17.2. The third kappa shape index (κ3) is 6.28. The summed E-state index contributed by atoms with van der Waals surface area (Å²) in [5, 5.41) is 3.61. The second kappa shape index (κ2) is 10.5. The van der Waals surface area contributed by atoms with E-state index in [1.165, 1.54) is 16.8 Å². The molecular weight excluding hydrogens is 320 g/mol. The minimum absolute atomic E-state index is 0.272. The number of allylic oxidation sites excluding steroid dienone is 4. The fourth-order valence-electron chi connectivity index (χ4n) is 3.61. The highest BCUT2D eigenvalue weighted by Gasteiger charge is 2.18. The van der Waals surface area contributed by atoms with Gasteiger partial charge in [0, 0.05) is 43.6 Å². The van der Waals surface area contributed by atoms with Gasteiger partial charge in [-0.05, 0) is 48.8 Å². The van der Waals surface area contributed by atoms with Crippen LogP contribution in [0.4, 0.5) is 0 Å². The molecule has 3 heteroatoms. The first kappa shape index (κ1) is 20.7. The monoisotopic (exact) mass is 356 g/mol. The number of ether oxygens (including phenoxy) is 1. The van der Waals surface area contributed by atoms with Crippen LogP contribution in [0.25, 0.3) is 0 Å². The molecule has 1 unspecified atom stereocenters. The van der Waals surface area contributed by atoms with E-state index in [9.17, 15) is 0 Å². The number of methoxy groups -OCH3 is 1. The quantitative estimate of drug-likeness (QED) is 0.629. The maximum absolute atomic E-state index is 5.56. The zero-order chi connectivity index (χ0) is 18.9. The Hall–Kier alpha value is -1.61. The number of aliphatic imine (C=N–C) groups is 1. The molecular formula is C23H36N2O. The molecule has 1 heterocycles. The number of rotatable bonds is 8. The van der Waals surface area contributed by atoms with Crippen molar-refractivity contribution in [2.75, 3.05) is 13.7 Å². The largest absolute Gasteiger partial charge is 0.385 e. The van der Waals surface area contributed by atoms with Crippen molar-refractivity contribution in [3.63, 3.8) is 0 Å². The molecule has 26 heavy (non-hydrogen) atoms. The van der Waals surface area contributed by atoms with Crippen LogP contribution in [0.1, 0.15) is 53.4 Å². The maximum atomic E-state index is 5.56. The minimum atomic E-state index is 0.272. The van der Waals surface area contributed by atoms with Gasteiger partial charge in [0.1, 0.15) is 0 Å². The van der Waals surface area contributed by atoms with Crippen LogP contribution in [0.2, 0.25) is 0 Å². The average molecular weight is 357 g/mol. The van der Waals surface area contributed by atoms with Gasteiger partial charge in [0.05, 0.1) is 6.10 Å². The summed E-state index contributed by atoms with van der Waals surface area (Å²) in [5.74, 6) is 1.56. The van der Waals surface area contributed by atoms with Crippen LogP contribution < -0.4 is 5.32 Å². The van der Waals surface area contributed by atoms with E-state index in [4.69, 9.17) is 4.74 Å². The zero-order valence-corrected chi connectivity index (χ0v) is 17.2. The van der Waals surface area contributed by atoms with Gasteiger partial charge in [0.15, 0.2) is 0 Å². The lowest BCUT2D eigenvalue weighted by Gasteiger charge is -2.22. The van der Waals surface area contributed by atoms with Crippen molar-refractivity contribution >= 4 is 6.21 Å². The Balaban J connectivity index is 1.93. The Labute approximate surface area is 160 Å². The summed E-state index contributed by atoms with van der Waals surface area (Å²) in [7, 11) is 1.80. The molecule has 1 N–H and O–H groups in total. The second-order valence-electron chi connectivity index (χ2n) is 7.92. The molecule has 0 aromatic heterocycles. The van der Waals surface area contributed by atoms with Gasteiger partial charge in [-0.1, -0.05) is 45.9 Å². The predicted octanol–water partition coefficient (Wildman–Crippen LogP) is 5.43. The molecule has 0 fully saturated rings. The molecule has 3 atom stereocenters. The summed E-state index contributed by atoms with van der Waals surface area (Å²) in [6.45, 7) is 9.92. The standard InChI is InChI=1S/C23H36N2O/c1-6-7-20(12-17(2)3)21-13-19(14-24-16-21)15-25-22-9-8-18(4)23(26-5)11-10-22/h7-10,14,16-19,23,25H,6,11-13,15H2,1-5H3/b20-7+/t18-,19?,23+/m1/s1. The number of nitrogens with zero attached hydrogens (tertiary/aromatic N) is 1. The van der Waals surface area contributed by atoms with Gasteiger partial charge < -0.3 is 10.1 Å². The van der Waals surface area contributed by atoms with E-state index in [1.54, 1.807) is 7.11 Å². The highest BCUT2D eigenvalue weighted by molar-refractivity contribution is 5.65. The van der Waals surface area contributed by atoms with E-state index >= 15 is 0 Å². The molecule has 0 aromatic rings. The van der Waals surface area contributed by atoms with Gasteiger partial charge in [-0.25, -0.2) is 0 Å². The summed E-state index contributed by atoms with van der Waals surface area (Å²) in [6.07, 6.45) is 17.8. The molecule has 2 aliphatic rings. The fourth-order valence-corrected chi connectivity index (χ4v) is 3.61. The average Bonchev–Trinajstić information content (AvgIpc) is 2.81.